The molecule has 1 fully saturated rings. The molecule has 0 N–H and O–H groups in total. The molecule has 6 heteroatoms. The van der Waals surface area contributed by atoms with Crippen molar-refractivity contribution in [3.63, 3.8) is 0 Å². The Bertz CT molecular complexity index is 513. The summed E-state index contributed by atoms with van der Waals surface area (Å²) in [4.78, 5) is 0.131. The highest BCUT2D eigenvalue weighted by atomic mass is 32.2. The number of piperidine rings is 1. The molecule has 1 unspecified atom stereocenters. The number of sulfonamides is 1. The van der Waals surface area contributed by atoms with Crippen molar-refractivity contribution in [1.29, 1.82) is 0 Å². The van der Waals surface area contributed by atoms with Crippen LogP contribution < -0.4 is 0 Å². The average molecular weight is 287 g/mol. The quantitative estimate of drug-likeness (QED) is 0.851. The van der Waals surface area contributed by atoms with Gasteiger partial charge in [0.25, 0.3) is 0 Å². The van der Waals surface area contributed by atoms with Crippen molar-refractivity contribution in [2.24, 2.45) is 0 Å². The maximum Gasteiger partial charge on any atom is 0.243 e. The lowest BCUT2D eigenvalue weighted by molar-refractivity contribution is 0.0265. The van der Waals surface area contributed by atoms with Gasteiger partial charge in [0.1, 0.15) is 5.82 Å². The molecular weight excluding hydrogens is 269 g/mol. The third-order valence-corrected chi connectivity index (χ3v) is 5.07. The molecular formula is C13H18FNO3S. The van der Waals surface area contributed by atoms with Gasteiger partial charge in [0.05, 0.1) is 11.0 Å². The molecule has 0 saturated carbocycles. The monoisotopic (exact) mass is 287 g/mol. The highest BCUT2D eigenvalue weighted by Gasteiger charge is 2.30. The fraction of sp³-hybridized carbons (Fsp3) is 0.538. The number of ether oxygens (including phenoxy) is 1. The molecule has 1 saturated heterocycles. The second kappa shape index (κ2) is 5.98. The van der Waals surface area contributed by atoms with Crippen LogP contribution in [0.5, 0.6) is 0 Å². The van der Waals surface area contributed by atoms with Gasteiger partial charge in [-0.1, -0.05) is 0 Å². The van der Waals surface area contributed by atoms with Crippen molar-refractivity contribution in [3.8, 4) is 0 Å². The summed E-state index contributed by atoms with van der Waals surface area (Å²) in [6.45, 7) is 3.33. The Labute approximate surface area is 113 Å². The molecule has 106 valence electrons. The van der Waals surface area contributed by atoms with Crippen LogP contribution in [-0.4, -0.2) is 38.5 Å². The Morgan fingerprint density at radius 1 is 1.37 bits per heavy atom. The lowest BCUT2D eigenvalue weighted by Gasteiger charge is -2.31. The van der Waals surface area contributed by atoms with Crippen molar-refractivity contribution in [1.82, 2.24) is 4.31 Å². The molecule has 0 bridgehead atoms. The lowest BCUT2D eigenvalue weighted by Crippen LogP contribution is -2.43. The van der Waals surface area contributed by atoms with Crippen molar-refractivity contribution in [2.45, 2.75) is 30.8 Å². The third kappa shape index (κ3) is 3.32. The maximum absolute atomic E-state index is 12.9. The fourth-order valence-corrected chi connectivity index (χ4v) is 3.76. The van der Waals surface area contributed by atoms with Gasteiger partial charge in [0.2, 0.25) is 10.0 Å². The molecule has 4 nitrogen and oxygen atoms in total. The Kier molecular flexibility index (Phi) is 4.54. The second-order valence-corrected chi connectivity index (χ2v) is 6.47. The van der Waals surface area contributed by atoms with Gasteiger partial charge in [-0.15, -0.1) is 0 Å². The Morgan fingerprint density at radius 2 is 2.05 bits per heavy atom. The summed E-state index contributed by atoms with van der Waals surface area (Å²) in [6.07, 6.45) is 1.61. The molecule has 0 amide bonds. The zero-order chi connectivity index (χ0) is 13.9. The van der Waals surface area contributed by atoms with E-state index >= 15 is 0 Å². The summed E-state index contributed by atoms with van der Waals surface area (Å²) in [5.74, 6) is -0.440. The molecule has 2 rings (SSSR count). The van der Waals surface area contributed by atoms with Crippen LogP contribution in [0.2, 0.25) is 0 Å². The van der Waals surface area contributed by atoms with E-state index in [1.807, 2.05) is 6.92 Å². The largest absolute Gasteiger partial charge is 0.377 e. The highest BCUT2D eigenvalue weighted by Crippen LogP contribution is 2.22. The van der Waals surface area contributed by atoms with E-state index < -0.39 is 15.8 Å². The predicted octanol–water partition coefficient (Wildman–Crippen LogP) is 2.02. The topological polar surface area (TPSA) is 46.6 Å². The summed E-state index contributed by atoms with van der Waals surface area (Å²) in [5.41, 5.74) is 0. The van der Waals surface area contributed by atoms with Crippen LogP contribution in [0.1, 0.15) is 19.8 Å². The molecule has 19 heavy (non-hydrogen) atoms. The van der Waals surface area contributed by atoms with Gasteiger partial charge in [-0.2, -0.15) is 4.31 Å². The van der Waals surface area contributed by atoms with E-state index in [9.17, 15) is 12.8 Å². The smallest absolute Gasteiger partial charge is 0.243 e. The molecule has 1 aromatic rings. The third-order valence-electron chi connectivity index (χ3n) is 3.19. The standard InChI is InChI=1S/C13H18FNO3S/c1-2-18-12-4-3-9-15(10-12)19(16,17)13-7-5-11(14)6-8-13/h5-8,12H,2-4,9-10H2,1H3. The van der Waals surface area contributed by atoms with Gasteiger partial charge in [-0.05, 0) is 44.0 Å². The van der Waals surface area contributed by atoms with Crippen LogP contribution >= 0.6 is 0 Å². The first-order valence-electron chi connectivity index (χ1n) is 6.41. The Hall–Kier alpha value is -0.980. The minimum absolute atomic E-state index is 0.0472. The van der Waals surface area contributed by atoms with Crippen LogP contribution in [0, 0.1) is 5.82 Å². The molecule has 1 aliphatic rings. The summed E-state index contributed by atoms with van der Waals surface area (Å²) < 4.78 is 44.6. The van der Waals surface area contributed by atoms with E-state index in [4.69, 9.17) is 4.74 Å². The minimum atomic E-state index is -3.54. The van der Waals surface area contributed by atoms with E-state index in [-0.39, 0.29) is 11.0 Å². The van der Waals surface area contributed by atoms with Gasteiger partial charge in [-0.25, -0.2) is 12.8 Å². The van der Waals surface area contributed by atoms with Crippen LogP contribution in [0.15, 0.2) is 29.2 Å². The zero-order valence-corrected chi connectivity index (χ0v) is 11.7. The van der Waals surface area contributed by atoms with E-state index in [1.165, 1.54) is 16.4 Å². The normalized spacial score (nSPS) is 21.5. The Balaban J connectivity index is 2.17. The van der Waals surface area contributed by atoms with Gasteiger partial charge < -0.3 is 4.74 Å². The van der Waals surface area contributed by atoms with Crippen LogP contribution in [0.4, 0.5) is 4.39 Å². The first-order valence-corrected chi connectivity index (χ1v) is 7.85. The highest BCUT2D eigenvalue weighted by molar-refractivity contribution is 7.89. The number of halogens is 1. The van der Waals surface area contributed by atoms with E-state index in [0.29, 0.717) is 19.7 Å². The summed E-state index contributed by atoms with van der Waals surface area (Å²) >= 11 is 0. The van der Waals surface area contributed by atoms with E-state index in [2.05, 4.69) is 0 Å². The summed E-state index contributed by atoms with van der Waals surface area (Å²) in [5, 5.41) is 0. The fourth-order valence-electron chi connectivity index (χ4n) is 2.25. The SMILES string of the molecule is CCOC1CCCN(S(=O)(=O)c2ccc(F)cc2)C1. The Morgan fingerprint density at radius 3 is 2.68 bits per heavy atom. The van der Waals surface area contributed by atoms with Crippen LogP contribution in [0.25, 0.3) is 0 Å². The maximum atomic E-state index is 12.9. The molecule has 0 aliphatic carbocycles. The van der Waals surface area contributed by atoms with Gasteiger partial charge in [0, 0.05) is 19.7 Å². The van der Waals surface area contributed by atoms with E-state index in [0.717, 1.165) is 25.0 Å². The molecule has 1 aliphatic heterocycles. The molecule has 1 aromatic carbocycles. The molecule has 1 atom stereocenters. The number of benzene rings is 1. The second-order valence-electron chi connectivity index (χ2n) is 4.54. The van der Waals surface area contributed by atoms with Crippen LogP contribution in [-0.2, 0) is 14.8 Å². The summed E-state index contributed by atoms with van der Waals surface area (Å²) in [7, 11) is -3.54. The van der Waals surface area contributed by atoms with Crippen molar-refractivity contribution in [2.75, 3.05) is 19.7 Å². The molecule has 0 aromatic heterocycles. The first kappa shape index (κ1) is 14.4. The molecule has 0 radical (unpaired) electrons. The number of hydrogen-bond donors (Lipinski definition) is 0. The van der Waals surface area contributed by atoms with Crippen LogP contribution in [0.3, 0.4) is 0 Å². The predicted molar refractivity (Wildman–Crippen MR) is 69.8 cm³/mol. The lowest BCUT2D eigenvalue weighted by atomic mass is 10.1. The van der Waals surface area contributed by atoms with Crippen molar-refractivity contribution < 1.29 is 17.5 Å². The van der Waals surface area contributed by atoms with Gasteiger partial charge >= 0.3 is 0 Å². The van der Waals surface area contributed by atoms with Gasteiger partial charge in [-0.3, -0.25) is 0 Å². The molecule has 1 heterocycles. The number of hydrogen-bond acceptors (Lipinski definition) is 3. The summed E-state index contributed by atoms with van der Waals surface area (Å²) in [6, 6.07) is 4.93. The van der Waals surface area contributed by atoms with Crippen molar-refractivity contribution >= 4 is 10.0 Å². The van der Waals surface area contributed by atoms with Gasteiger partial charge in [0.15, 0.2) is 0 Å². The molecule has 0 spiro atoms. The first-order chi connectivity index (χ1) is 9.04. The van der Waals surface area contributed by atoms with Crippen molar-refractivity contribution in [3.05, 3.63) is 30.1 Å². The zero-order valence-electron chi connectivity index (χ0n) is 10.9. The minimum Gasteiger partial charge on any atom is -0.377 e. The number of rotatable bonds is 4. The van der Waals surface area contributed by atoms with E-state index in [1.54, 1.807) is 0 Å². The average Bonchev–Trinajstić information content (AvgIpc) is 2.40. The number of nitrogens with zero attached hydrogens (tertiary/aromatic N) is 1.